The molecule has 3 aromatic rings. The number of thioether (sulfide) groups is 1. The molecule has 3 aromatic carbocycles. The number of rotatable bonds is 12. The number of nitrogens with one attached hydrogen (secondary N) is 1. The fourth-order valence-corrected chi connectivity index (χ4v) is 5.70. The van der Waals surface area contributed by atoms with Gasteiger partial charge in [0.05, 0.1) is 17.7 Å². The monoisotopic (exact) mass is 536 g/mol. The van der Waals surface area contributed by atoms with E-state index < -0.39 is 22.5 Å². The molecule has 6 nitrogen and oxygen atoms in total. The van der Waals surface area contributed by atoms with Crippen molar-refractivity contribution in [2.24, 2.45) is 0 Å². The normalized spacial score (nSPS) is 11.2. The Hall–Kier alpha value is -2.75. The Balaban J connectivity index is 1.59. The molecule has 0 aliphatic carbocycles. The van der Waals surface area contributed by atoms with Crippen molar-refractivity contribution in [2.75, 3.05) is 30.3 Å². The predicted molar refractivity (Wildman–Crippen MR) is 139 cm³/mol. The van der Waals surface area contributed by atoms with Crippen LogP contribution in [-0.2, 0) is 20.6 Å². The maximum atomic E-state index is 13.4. The van der Waals surface area contributed by atoms with Crippen molar-refractivity contribution in [1.82, 2.24) is 5.32 Å². The molecule has 0 fully saturated rings. The summed E-state index contributed by atoms with van der Waals surface area (Å²) in [6.07, 6.45) is 0.708. The molecule has 1 amide bonds. The van der Waals surface area contributed by atoms with E-state index in [0.717, 1.165) is 21.4 Å². The van der Waals surface area contributed by atoms with Crippen LogP contribution in [0.5, 0.6) is 5.75 Å². The summed E-state index contributed by atoms with van der Waals surface area (Å²) >= 11 is 7.76. The second-order valence-corrected chi connectivity index (χ2v) is 11.0. The minimum absolute atomic E-state index is 0.0308. The molecular weight excluding hydrogens is 511 g/mol. The highest BCUT2D eigenvalue weighted by molar-refractivity contribution is 7.98. The third-order valence-corrected chi connectivity index (χ3v) is 8.14. The number of amides is 1. The van der Waals surface area contributed by atoms with E-state index in [1.54, 1.807) is 54.2 Å². The number of hydrogen-bond donors (Lipinski definition) is 1. The summed E-state index contributed by atoms with van der Waals surface area (Å²) in [5.41, 5.74) is 1.32. The molecule has 0 radical (unpaired) electrons. The van der Waals surface area contributed by atoms with Gasteiger partial charge in [0, 0.05) is 17.3 Å². The summed E-state index contributed by atoms with van der Waals surface area (Å²) in [7, 11) is -2.54. The van der Waals surface area contributed by atoms with E-state index in [0.29, 0.717) is 29.4 Å². The number of benzene rings is 3. The van der Waals surface area contributed by atoms with Crippen LogP contribution >= 0.6 is 23.4 Å². The first kappa shape index (κ1) is 26.8. The predicted octanol–water partition coefficient (Wildman–Crippen LogP) is 5.12. The van der Waals surface area contributed by atoms with E-state index >= 15 is 0 Å². The minimum atomic E-state index is -4.04. The number of halogens is 2. The van der Waals surface area contributed by atoms with E-state index in [1.165, 1.54) is 37.4 Å². The summed E-state index contributed by atoms with van der Waals surface area (Å²) in [5, 5.41) is 3.14. The Bertz CT molecular complexity index is 1220. The quantitative estimate of drug-likeness (QED) is 0.325. The first-order valence-corrected chi connectivity index (χ1v) is 13.8. The average molecular weight is 537 g/mol. The first-order chi connectivity index (χ1) is 16.8. The zero-order valence-electron chi connectivity index (χ0n) is 19.1. The lowest BCUT2D eigenvalue weighted by Gasteiger charge is -2.24. The Morgan fingerprint density at radius 2 is 1.80 bits per heavy atom. The van der Waals surface area contributed by atoms with Crippen molar-refractivity contribution in [3.63, 3.8) is 0 Å². The molecule has 10 heteroatoms. The maximum absolute atomic E-state index is 13.4. The molecular formula is C25H26ClFN2O4S2. The highest BCUT2D eigenvalue weighted by Gasteiger charge is 2.27. The van der Waals surface area contributed by atoms with Crippen LogP contribution in [-0.4, -0.2) is 40.3 Å². The van der Waals surface area contributed by atoms with Crippen molar-refractivity contribution in [3.05, 3.63) is 89.2 Å². The van der Waals surface area contributed by atoms with E-state index in [9.17, 15) is 17.6 Å². The lowest BCUT2D eigenvalue weighted by atomic mass is 10.2. The topological polar surface area (TPSA) is 75.7 Å². The molecule has 0 saturated carbocycles. The van der Waals surface area contributed by atoms with Crippen LogP contribution < -0.4 is 14.4 Å². The molecule has 0 spiro atoms. The van der Waals surface area contributed by atoms with Crippen LogP contribution in [0.3, 0.4) is 0 Å². The van der Waals surface area contributed by atoms with Crippen LogP contribution in [0, 0.1) is 5.82 Å². The van der Waals surface area contributed by atoms with Gasteiger partial charge in [-0.05, 0) is 72.3 Å². The Morgan fingerprint density at radius 1 is 1.09 bits per heavy atom. The maximum Gasteiger partial charge on any atom is 0.264 e. The summed E-state index contributed by atoms with van der Waals surface area (Å²) in [6, 6.07) is 18.7. The summed E-state index contributed by atoms with van der Waals surface area (Å²) < 4.78 is 45.9. The molecule has 186 valence electrons. The summed E-state index contributed by atoms with van der Waals surface area (Å²) in [6.45, 7) is 0.0125. The number of nitrogens with zero attached hydrogens (tertiary/aromatic N) is 1. The highest BCUT2D eigenvalue weighted by atomic mass is 35.5. The lowest BCUT2D eigenvalue weighted by Crippen LogP contribution is -2.41. The fourth-order valence-electron chi connectivity index (χ4n) is 3.18. The molecule has 0 atom stereocenters. The van der Waals surface area contributed by atoms with Crippen LogP contribution in [0.4, 0.5) is 10.1 Å². The second kappa shape index (κ2) is 12.8. The number of sulfonamides is 1. The summed E-state index contributed by atoms with van der Waals surface area (Å²) in [4.78, 5) is 12.7. The molecule has 0 saturated heterocycles. The zero-order chi connectivity index (χ0) is 25.3. The second-order valence-electron chi connectivity index (χ2n) is 7.55. The van der Waals surface area contributed by atoms with Gasteiger partial charge >= 0.3 is 0 Å². The minimum Gasteiger partial charge on any atom is -0.497 e. The molecule has 0 unspecified atom stereocenters. The third kappa shape index (κ3) is 7.88. The average Bonchev–Trinajstić information content (AvgIpc) is 2.85. The number of carbonyl (C=O) groups excluding carboxylic acids is 1. The van der Waals surface area contributed by atoms with Gasteiger partial charge in [-0.25, -0.2) is 12.8 Å². The SMILES string of the molecule is COc1ccc(S(=O)(=O)N(CC(=O)NCCCSCc2ccc(F)cc2)c2cccc(Cl)c2)cc1. The van der Waals surface area contributed by atoms with Gasteiger partial charge in [0.2, 0.25) is 5.91 Å². The third-order valence-electron chi connectivity index (χ3n) is 5.00. The van der Waals surface area contributed by atoms with Gasteiger partial charge in [-0.2, -0.15) is 11.8 Å². The smallest absolute Gasteiger partial charge is 0.264 e. The van der Waals surface area contributed by atoms with Gasteiger partial charge in [0.1, 0.15) is 18.1 Å². The van der Waals surface area contributed by atoms with Gasteiger partial charge in [-0.3, -0.25) is 9.10 Å². The van der Waals surface area contributed by atoms with E-state index in [-0.39, 0.29) is 10.7 Å². The van der Waals surface area contributed by atoms with Crippen LogP contribution in [0.2, 0.25) is 5.02 Å². The highest BCUT2D eigenvalue weighted by Crippen LogP contribution is 2.27. The summed E-state index contributed by atoms with van der Waals surface area (Å²) in [5.74, 6) is 1.37. The molecule has 3 rings (SSSR count). The molecule has 0 aliphatic rings. The van der Waals surface area contributed by atoms with E-state index in [2.05, 4.69) is 5.32 Å². The van der Waals surface area contributed by atoms with Gasteiger partial charge < -0.3 is 10.1 Å². The number of anilines is 1. The van der Waals surface area contributed by atoms with Crippen molar-refractivity contribution in [1.29, 1.82) is 0 Å². The van der Waals surface area contributed by atoms with Crippen molar-refractivity contribution in [3.8, 4) is 5.75 Å². The number of methoxy groups -OCH3 is 1. The first-order valence-electron chi connectivity index (χ1n) is 10.8. The molecule has 0 bridgehead atoms. The molecule has 0 aromatic heterocycles. The number of hydrogen-bond acceptors (Lipinski definition) is 5. The molecule has 0 heterocycles. The zero-order valence-corrected chi connectivity index (χ0v) is 21.5. The molecule has 0 aliphatic heterocycles. The van der Waals surface area contributed by atoms with Crippen LogP contribution in [0.1, 0.15) is 12.0 Å². The van der Waals surface area contributed by atoms with Crippen molar-refractivity contribution in [2.45, 2.75) is 17.1 Å². The Morgan fingerprint density at radius 3 is 2.46 bits per heavy atom. The molecule has 35 heavy (non-hydrogen) atoms. The largest absolute Gasteiger partial charge is 0.497 e. The van der Waals surface area contributed by atoms with Gasteiger partial charge in [0.25, 0.3) is 10.0 Å². The van der Waals surface area contributed by atoms with Gasteiger partial charge in [-0.15, -0.1) is 0 Å². The lowest BCUT2D eigenvalue weighted by molar-refractivity contribution is -0.119. The standard InChI is InChI=1S/C25H26ClFN2O4S2/c1-33-23-10-12-24(13-11-23)35(31,32)29(22-5-2-4-20(26)16-22)17-25(30)28-14-3-15-34-18-19-6-8-21(27)9-7-19/h2,4-13,16H,3,14-15,17-18H2,1H3,(H,28,30). The Kier molecular flexibility index (Phi) is 9.83. The molecule has 1 N–H and O–H groups in total. The van der Waals surface area contributed by atoms with Crippen LogP contribution in [0.25, 0.3) is 0 Å². The number of ether oxygens (including phenoxy) is 1. The van der Waals surface area contributed by atoms with Gasteiger partial charge in [-0.1, -0.05) is 29.8 Å². The Labute approximate surface area is 214 Å². The van der Waals surface area contributed by atoms with Crippen molar-refractivity contribution < 1.29 is 22.3 Å². The van der Waals surface area contributed by atoms with Crippen molar-refractivity contribution >= 4 is 45.0 Å². The number of carbonyl (C=O) groups is 1. The van der Waals surface area contributed by atoms with Crippen LogP contribution in [0.15, 0.2) is 77.7 Å². The van der Waals surface area contributed by atoms with Gasteiger partial charge in [0.15, 0.2) is 0 Å². The fraction of sp³-hybridized carbons (Fsp3) is 0.240. The van der Waals surface area contributed by atoms with E-state index in [4.69, 9.17) is 16.3 Å². The van der Waals surface area contributed by atoms with E-state index in [1.807, 2.05) is 0 Å².